The number of hydrogen-bond acceptors (Lipinski definition) is 1. The van der Waals surface area contributed by atoms with Gasteiger partial charge in [-0.15, -0.1) is 0 Å². The van der Waals surface area contributed by atoms with Crippen LogP contribution in [0.15, 0.2) is 54.6 Å². The van der Waals surface area contributed by atoms with Crippen molar-refractivity contribution in [1.29, 1.82) is 0 Å². The van der Waals surface area contributed by atoms with Crippen molar-refractivity contribution in [3.05, 3.63) is 71.3 Å². The van der Waals surface area contributed by atoms with Crippen molar-refractivity contribution in [3.63, 3.8) is 0 Å². The molecular formula is C18H23N. The van der Waals surface area contributed by atoms with Crippen molar-refractivity contribution in [2.24, 2.45) is 5.73 Å². The molecule has 2 aromatic rings. The Balaban J connectivity index is 1.80. The predicted molar refractivity (Wildman–Crippen MR) is 82.3 cm³/mol. The summed E-state index contributed by atoms with van der Waals surface area (Å²) >= 11 is 0. The van der Waals surface area contributed by atoms with Gasteiger partial charge >= 0.3 is 0 Å². The number of aryl methyl sites for hydroxylation is 2. The molecule has 0 aromatic heterocycles. The van der Waals surface area contributed by atoms with E-state index in [-0.39, 0.29) is 6.04 Å². The van der Waals surface area contributed by atoms with E-state index in [1.807, 2.05) is 6.92 Å². The number of nitrogens with two attached hydrogens (primary N) is 1. The van der Waals surface area contributed by atoms with E-state index in [0.29, 0.717) is 0 Å². The van der Waals surface area contributed by atoms with Crippen LogP contribution in [0, 0.1) is 0 Å². The normalized spacial score (nSPS) is 12.3. The maximum absolute atomic E-state index is 5.81. The lowest BCUT2D eigenvalue weighted by molar-refractivity contribution is 0.737. The first-order valence-corrected chi connectivity index (χ1v) is 7.11. The Morgan fingerprint density at radius 2 is 1.32 bits per heavy atom. The van der Waals surface area contributed by atoms with Crippen LogP contribution in [0.2, 0.25) is 0 Å². The van der Waals surface area contributed by atoms with Gasteiger partial charge in [0.15, 0.2) is 0 Å². The highest BCUT2D eigenvalue weighted by molar-refractivity contribution is 5.23. The van der Waals surface area contributed by atoms with Gasteiger partial charge in [0.1, 0.15) is 0 Å². The topological polar surface area (TPSA) is 26.0 Å². The van der Waals surface area contributed by atoms with E-state index >= 15 is 0 Å². The summed E-state index contributed by atoms with van der Waals surface area (Å²) in [7, 11) is 0. The van der Waals surface area contributed by atoms with Gasteiger partial charge in [-0.25, -0.2) is 0 Å². The molecule has 0 spiro atoms. The van der Waals surface area contributed by atoms with Crippen LogP contribution in [0.1, 0.15) is 30.0 Å². The lowest BCUT2D eigenvalue weighted by atomic mass is 10.0. The maximum atomic E-state index is 5.81. The highest BCUT2D eigenvalue weighted by Gasteiger charge is 1.99. The molecule has 0 saturated heterocycles. The van der Waals surface area contributed by atoms with Crippen molar-refractivity contribution in [2.75, 3.05) is 0 Å². The van der Waals surface area contributed by atoms with Gasteiger partial charge < -0.3 is 5.73 Å². The van der Waals surface area contributed by atoms with Crippen molar-refractivity contribution in [3.8, 4) is 0 Å². The van der Waals surface area contributed by atoms with E-state index in [4.69, 9.17) is 5.73 Å². The fraction of sp³-hybridized carbons (Fsp3) is 0.333. The van der Waals surface area contributed by atoms with Crippen molar-refractivity contribution < 1.29 is 0 Å². The first-order chi connectivity index (χ1) is 9.24. The Kier molecular flexibility index (Phi) is 5.17. The fourth-order valence-corrected chi connectivity index (χ4v) is 2.36. The smallest absolute Gasteiger partial charge is 0.00509 e. The Morgan fingerprint density at radius 3 is 1.89 bits per heavy atom. The molecule has 0 aliphatic carbocycles. The van der Waals surface area contributed by atoms with Crippen molar-refractivity contribution >= 4 is 0 Å². The van der Waals surface area contributed by atoms with E-state index in [1.165, 1.54) is 23.1 Å². The van der Waals surface area contributed by atoms with Crippen molar-refractivity contribution in [2.45, 2.75) is 38.6 Å². The summed E-state index contributed by atoms with van der Waals surface area (Å²) in [5, 5.41) is 0. The van der Waals surface area contributed by atoms with Crippen LogP contribution in [0.3, 0.4) is 0 Å². The van der Waals surface area contributed by atoms with Gasteiger partial charge in [0.25, 0.3) is 0 Å². The third-order valence-corrected chi connectivity index (χ3v) is 3.35. The minimum absolute atomic E-state index is 0.240. The van der Waals surface area contributed by atoms with Crippen LogP contribution in [-0.2, 0) is 19.3 Å². The molecule has 19 heavy (non-hydrogen) atoms. The zero-order valence-corrected chi connectivity index (χ0v) is 11.7. The molecule has 1 atom stereocenters. The first-order valence-electron chi connectivity index (χ1n) is 7.11. The van der Waals surface area contributed by atoms with Crippen LogP contribution >= 0.6 is 0 Å². The summed E-state index contributed by atoms with van der Waals surface area (Å²) in [6.45, 7) is 2.05. The molecule has 100 valence electrons. The summed E-state index contributed by atoms with van der Waals surface area (Å²) in [5.41, 5.74) is 9.99. The van der Waals surface area contributed by atoms with Gasteiger partial charge in [0.2, 0.25) is 0 Å². The minimum Gasteiger partial charge on any atom is -0.328 e. The monoisotopic (exact) mass is 253 g/mol. The highest BCUT2D eigenvalue weighted by Crippen LogP contribution is 2.10. The van der Waals surface area contributed by atoms with E-state index in [1.54, 1.807) is 0 Å². The van der Waals surface area contributed by atoms with Gasteiger partial charge in [-0.05, 0) is 49.3 Å². The molecule has 1 nitrogen and oxygen atoms in total. The summed E-state index contributed by atoms with van der Waals surface area (Å²) in [4.78, 5) is 0. The Hall–Kier alpha value is -1.60. The van der Waals surface area contributed by atoms with Gasteiger partial charge in [-0.2, -0.15) is 0 Å². The zero-order chi connectivity index (χ0) is 13.5. The second-order valence-corrected chi connectivity index (χ2v) is 5.34. The standard InChI is InChI=1S/C18H23N/c1-15(19)14-18-12-10-17(11-13-18)9-5-8-16-6-3-2-4-7-16/h2-4,6-7,10-13,15H,5,8-9,14,19H2,1H3/t15-/m0/s1. The van der Waals surface area contributed by atoms with Crippen LogP contribution in [0.25, 0.3) is 0 Å². The van der Waals surface area contributed by atoms with Gasteiger partial charge in [0.05, 0.1) is 0 Å². The SMILES string of the molecule is C[C@H](N)Cc1ccc(CCCc2ccccc2)cc1. The second kappa shape index (κ2) is 7.10. The molecule has 1 heteroatoms. The predicted octanol–water partition coefficient (Wildman–Crippen LogP) is 3.75. The van der Waals surface area contributed by atoms with Crippen LogP contribution in [0.4, 0.5) is 0 Å². The van der Waals surface area contributed by atoms with Crippen LogP contribution < -0.4 is 5.73 Å². The van der Waals surface area contributed by atoms with E-state index < -0.39 is 0 Å². The molecule has 0 amide bonds. The number of benzene rings is 2. The third-order valence-electron chi connectivity index (χ3n) is 3.35. The molecule has 0 heterocycles. The summed E-state index contributed by atoms with van der Waals surface area (Å²) in [6, 6.07) is 19.8. The average Bonchev–Trinajstić information content (AvgIpc) is 2.41. The number of rotatable bonds is 6. The van der Waals surface area contributed by atoms with Crippen LogP contribution in [-0.4, -0.2) is 6.04 Å². The lowest BCUT2D eigenvalue weighted by Gasteiger charge is -2.07. The molecule has 0 saturated carbocycles. The van der Waals surface area contributed by atoms with Crippen LogP contribution in [0.5, 0.6) is 0 Å². The van der Waals surface area contributed by atoms with Gasteiger partial charge in [-0.1, -0.05) is 54.6 Å². The molecule has 2 aromatic carbocycles. The average molecular weight is 253 g/mol. The van der Waals surface area contributed by atoms with Gasteiger partial charge in [-0.3, -0.25) is 0 Å². The first kappa shape index (κ1) is 13.8. The Labute approximate surface area is 116 Å². The Morgan fingerprint density at radius 1 is 0.789 bits per heavy atom. The number of hydrogen-bond donors (Lipinski definition) is 1. The largest absolute Gasteiger partial charge is 0.328 e. The molecule has 2 N–H and O–H groups in total. The fourth-order valence-electron chi connectivity index (χ4n) is 2.36. The maximum Gasteiger partial charge on any atom is 0.00509 e. The van der Waals surface area contributed by atoms with E-state index in [9.17, 15) is 0 Å². The second-order valence-electron chi connectivity index (χ2n) is 5.34. The zero-order valence-electron chi connectivity index (χ0n) is 11.7. The molecule has 0 bridgehead atoms. The molecule has 2 rings (SSSR count). The van der Waals surface area contributed by atoms with Crippen molar-refractivity contribution in [1.82, 2.24) is 0 Å². The molecule has 0 fully saturated rings. The van der Waals surface area contributed by atoms with Gasteiger partial charge in [0, 0.05) is 6.04 Å². The summed E-state index contributed by atoms with van der Waals surface area (Å²) in [5.74, 6) is 0. The molecule has 0 unspecified atom stereocenters. The summed E-state index contributed by atoms with van der Waals surface area (Å²) < 4.78 is 0. The Bertz CT molecular complexity index is 471. The quantitative estimate of drug-likeness (QED) is 0.833. The minimum atomic E-state index is 0.240. The molecule has 0 radical (unpaired) electrons. The highest BCUT2D eigenvalue weighted by atomic mass is 14.6. The van der Waals surface area contributed by atoms with E-state index in [2.05, 4.69) is 54.6 Å². The molecular weight excluding hydrogens is 230 g/mol. The summed E-state index contributed by atoms with van der Waals surface area (Å²) in [6.07, 6.45) is 4.47. The third kappa shape index (κ3) is 4.88. The molecule has 0 aliphatic heterocycles. The van der Waals surface area contributed by atoms with E-state index in [0.717, 1.165) is 19.3 Å². The lowest BCUT2D eigenvalue weighted by Crippen LogP contribution is -2.17. The molecule has 0 aliphatic rings.